The number of amides is 1. The fraction of sp³-hybridized carbons (Fsp3) is 0.381. The highest BCUT2D eigenvalue weighted by molar-refractivity contribution is 6.30. The van der Waals surface area contributed by atoms with Crippen LogP contribution >= 0.6 is 11.6 Å². The monoisotopic (exact) mass is 430 g/mol. The highest BCUT2D eigenvalue weighted by Gasteiger charge is 2.16. The summed E-state index contributed by atoms with van der Waals surface area (Å²) < 4.78 is 7.88. The summed E-state index contributed by atoms with van der Waals surface area (Å²) in [6.45, 7) is 4.08. The minimum Gasteiger partial charge on any atom is -0.385 e. The SMILES string of the molecule is CCCc1nc2c(N)ncc(NC)c2n1CCOCCNC(=O)c1ccc(Cl)cc1. The molecule has 30 heavy (non-hydrogen) atoms. The molecular weight excluding hydrogens is 404 g/mol. The molecular formula is C21H27ClN6O2. The molecule has 0 aliphatic heterocycles. The number of carbonyl (C=O) groups is 1. The van der Waals surface area contributed by atoms with Crippen molar-refractivity contribution in [3.05, 3.63) is 46.9 Å². The average molecular weight is 431 g/mol. The molecule has 3 rings (SSSR count). The molecule has 0 saturated carbocycles. The van der Waals surface area contributed by atoms with E-state index in [1.165, 1.54) is 0 Å². The fourth-order valence-corrected chi connectivity index (χ4v) is 3.37. The van der Waals surface area contributed by atoms with Gasteiger partial charge in [-0.15, -0.1) is 0 Å². The Morgan fingerprint density at radius 2 is 2.03 bits per heavy atom. The Morgan fingerprint density at radius 1 is 1.27 bits per heavy atom. The molecule has 0 bridgehead atoms. The Bertz CT molecular complexity index is 1000. The highest BCUT2D eigenvalue weighted by Crippen LogP contribution is 2.27. The Hall–Kier alpha value is -2.84. The Kier molecular flexibility index (Phi) is 7.48. The minimum atomic E-state index is -0.150. The molecule has 9 heteroatoms. The second kappa shape index (κ2) is 10.3. The third-order valence-corrected chi connectivity index (χ3v) is 4.97. The van der Waals surface area contributed by atoms with Gasteiger partial charge in [0.05, 0.1) is 30.6 Å². The molecule has 160 valence electrons. The zero-order valence-electron chi connectivity index (χ0n) is 17.2. The first kappa shape index (κ1) is 21.9. The number of hydrogen-bond donors (Lipinski definition) is 3. The number of aromatic nitrogens is 3. The quantitative estimate of drug-likeness (QED) is 0.426. The first-order valence-corrected chi connectivity index (χ1v) is 10.4. The number of nitrogens with zero attached hydrogens (tertiary/aromatic N) is 3. The number of benzene rings is 1. The van der Waals surface area contributed by atoms with Crippen molar-refractivity contribution < 1.29 is 9.53 Å². The van der Waals surface area contributed by atoms with Gasteiger partial charge in [-0.1, -0.05) is 18.5 Å². The van der Waals surface area contributed by atoms with Gasteiger partial charge in [-0.2, -0.15) is 0 Å². The zero-order chi connectivity index (χ0) is 21.5. The largest absolute Gasteiger partial charge is 0.385 e. The first-order chi connectivity index (χ1) is 14.5. The summed E-state index contributed by atoms with van der Waals surface area (Å²) in [5.74, 6) is 1.23. The minimum absolute atomic E-state index is 0.150. The summed E-state index contributed by atoms with van der Waals surface area (Å²) in [6, 6.07) is 6.77. The van der Waals surface area contributed by atoms with E-state index in [4.69, 9.17) is 27.1 Å². The van der Waals surface area contributed by atoms with Crippen LogP contribution in [0.2, 0.25) is 5.02 Å². The molecule has 0 unspecified atom stereocenters. The number of pyridine rings is 1. The van der Waals surface area contributed by atoms with Crippen LogP contribution in [0.3, 0.4) is 0 Å². The van der Waals surface area contributed by atoms with Gasteiger partial charge < -0.3 is 25.7 Å². The number of halogens is 1. The number of hydrogen-bond acceptors (Lipinski definition) is 6. The molecule has 3 aromatic rings. The van der Waals surface area contributed by atoms with Crippen molar-refractivity contribution in [2.45, 2.75) is 26.3 Å². The molecule has 2 aromatic heterocycles. The number of imidazole rings is 1. The molecule has 2 heterocycles. The third kappa shape index (κ3) is 5.01. The second-order valence-electron chi connectivity index (χ2n) is 6.81. The molecule has 8 nitrogen and oxygen atoms in total. The van der Waals surface area contributed by atoms with Crippen molar-refractivity contribution in [2.24, 2.45) is 0 Å². The molecule has 1 aromatic carbocycles. The number of nitrogen functional groups attached to an aromatic ring is 1. The summed E-state index contributed by atoms with van der Waals surface area (Å²) in [5, 5.41) is 6.60. The van der Waals surface area contributed by atoms with Crippen LogP contribution < -0.4 is 16.4 Å². The van der Waals surface area contributed by atoms with Crippen LogP contribution in [0.25, 0.3) is 11.0 Å². The van der Waals surface area contributed by atoms with Gasteiger partial charge in [0.2, 0.25) is 0 Å². The predicted octanol–water partition coefficient (Wildman–Crippen LogP) is 3.11. The molecule has 1 amide bonds. The molecule has 0 aliphatic carbocycles. The second-order valence-corrected chi connectivity index (χ2v) is 7.25. The molecule has 0 atom stereocenters. The van der Waals surface area contributed by atoms with E-state index in [9.17, 15) is 4.79 Å². The number of aryl methyl sites for hydroxylation is 1. The van der Waals surface area contributed by atoms with Gasteiger partial charge in [0.15, 0.2) is 5.82 Å². The molecule has 0 saturated heterocycles. The molecule has 0 fully saturated rings. The lowest BCUT2D eigenvalue weighted by Crippen LogP contribution is -2.27. The van der Waals surface area contributed by atoms with Crippen LogP contribution in [-0.4, -0.2) is 47.2 Å². The number of anilines is 2. The zero-order valence-corrected chi connectivity index (χ0v) is 18.0. The molecule has 0 aliphatic rings. The maximum absolute atomic E-state index is 12.1. The number of carbonyl (C=O) groups excluding carboxylic acids is 1. The van der Waals surface area contributed by atoms with E-state index in [1.54, 1.807) is 30.5 Å². The summed E-state index contributed by atoms with van der Waals surface area (Å²) in [4.78, 5) is 21.0. The number of nitrogens with two attached hydrogens (primary N) is 1. The fourth-order valence-electron chi connectivity index (χ4n) is 3.24. The first-order valence-electron chi connectivity index (χ1n) is 9.98. The van der Waals surface area contributed by atoms with Gasteiger partial charge in [-0.3, -0.25) is 4.79 Å². The van der Waals surface area contributed by atoms with Gasteiger partial charge in [0.1, 0.15) is 11.3 Å². The average Bonchev–Trinajstić information content (AvgIpc) is 3.11. The lowest BCUT2D eigenvalue weighted by Gasteiger charge is -2.12. The van der Waals surface area contributed by atoms with Crippen LogP contribution in [0, 0.1) is 0 Å². The number of ether oxygens (including phenoxy) is 1. The van der Waals surface area contributed by atoms with Crippen LogP contribution in [-0.2, 0) is 17.7 Å². The number of fused-ring (bicyclic) bond motifs is 1. The van der Waals surface area contributed by atoms with E-state index < -0.39 is 0 Å². The van der Waals surface area contributed by atoms with Crippen LogP contribution in [0.1, 0.15) is 29.5 Å². The lowest BCUT2D eigenvalue weighted by molar-refractivity contribution is 0.0909. The Balaban J connectivity index is 1.56. The summed E-state index contributed by atoms with van der Waals surface area (Å²) in [5.41, 5.74) is 9.14. The van der Waals surface area contributed by atoms with E-state index >= 15 is 0 Å². The predicted molar refractivity (Wildman–Crippen MR) is 120 cm³/mol. The van der Waals surface area contributed by atoms with Crippen LogP contribution in [0.15, 0.2) is 30.5 Å². The van der Waals surface area contributed by atoms with Crippen molar-refractivity contribution in [1.82, 2.24) is 19.9 Å². The number of rotatable bonds is 10. The lowest BCUT2D eigenvalue weighted by atomic mass is 10.2. The van der Waals surface area contributed by atoms with E-state index in [0.717, 1.165) is 29.9 Å². The topological polar surface area (TPSA) is 107 Å². The van der Waals surface area contributed by atoms with E-state index in [-0.39, 0.29) is 5.91 Å². The summed E-state index contributed by atoms with van der Waals surface area (Å²) in [7, 11) is 1.85. The summed E-state index contributed by atoms with van der Waals surface area (Å²) in [6.07, 6.45) is 3.54. The van der Waals surface area contributed by atoms with Gasteiger partial charge >= 0.3 is 0 Å². The van der Waals surface area contributed by atoms with Crippen molar-refractivity contribution >= 4 is 40.0 Å². The Labute approximate surface area is 180 Å². The maximum atomic E-state index is 12.1. The number of nitrogens with one attached hydrogen (secondary N) is 2. The normalized spacial score (nSPS) is 11.0. The van der Waals surface area contributed by atoms with Crippen molar-refractivity contribution in [3.63, 3.8) is 0 Å². The summed E-state index contributed by atoms with van der Waals surface area (Å²) >= 11 is 5.84. The van der Waals surface area contributed by atoms with Gasteiger partial charge in [-0.25, -0.2) is 9.97 Å². The van der Waals surface area contributed by atoms with E-state index in [0.29, 0.717) is 48.2 Å². The molecule has 0 spiro atoms. The van der Waals surface area contributed by atoms with Crippen molar-refractivity contribution in [3.8, 4) is 0 Å². The Morgan fingerprint density at radius 3 is 2.73 bits per heavy atom. The van der Waals surface area contributed by atoms with Crippen LogP contribution in [0.5, 0.6) is 0 Å². The van der Waals surface area contributed by atoms with E-state index in [1.807, 2.05) is 7.05 Å². The van der Waals surface area contributed by atoms with Gasteiger partial charge in [0.25, 0.3) is 5.91 Å². The standard InChI is InChI=1S/C21H27ClN6O2/c1-3-4-17-27-18-19(16(24-2)13-26-20(18)23)28(17)10-12-30-11-9-25-21(29)14-5-7-15(22)8-6-14/h5-8,13,24H,3-4,9-12H2,1-2H3,(H2,23,26)(H,25,29). The third-order valence-electron chi connectivity index (χ3n) is 4.72. The van der Waals surface area contributed by atoms with Gasteiger partial charge in [-0.05, 0) is 30.7 Å². The molecule has 0 radical (unpaired) electrons. The van der Waals surface area contributed by atoms with Gasteiger partial charge in [0, 0.05) is 37.1 Å². The maximum Gasteiger partial charge on any atom is 0.251 e. The van der Waals surface area contributed by atoms with Crippen molar-refractivity contribution in [1.29, 1.82) is 0 Å². The van der Waals surface area contributed by atoms with Crippen molar-refractivity contribution in [2.75, 3.05) is 37.9 Å². The smallest absolute Gasteiger partial charge is 0.251 e. The molecule has 4 N–H and O–H groups in total. The van der Waals surface area contributed by atoms with Crippen LogP contribution in [0.4, 0.5) is 11.5 Å². The van der Waals surface area contributed by atoms with E-state index in [2.05, 4.69) is 27.1 Å². The highest BCUT2D eigenvalue weighted by atomic mass is 35.5.